The van der Waals surface area contributed by atoms with E-state index in [1.807, 2.05) is 0 Å². The first kappa shape index (κ1) is 13.3. The molecule has 3 nitrogen and oxygen atoms in total. The van der Waals surface area contributed by atoms with Gasteiger partial charge in [-0.1, -0.05) is 20.8 Å². The molecule has 0 radical (unpaired) electrons. The Labute approximate surface area is 105 Å². The lowest BCUT2D eigenvalue weighted by Crippen LogP contribution is -2.50. The highest BCUT2D eigenvalue weighted by Crippen LogP contribution is 2.40. The SMILES string of the molecule is CCC(C)(C)C(N)C1CCOC2(CCOC2)C1. The molecule has 2 rings (SSSR count). The Hall–Kier alpha value is -0.120. The molecule has 0 aromatic carbocycles. The lowest BCUT2D eigenvalue weighted by molar-refractivity contribution is -0.106. The largest absolute Gasteiger partial charge is 0.378 e. The number of hydrogen-bond donors (Lipinski definition) is 1. The van der Waals surface area contributed by atoms with Crippen LogP contribution >= 0.6 is 0 Å². The lowest BCUT2D eigenvalue weighted by Gasteiger charge is -2.44. The second kappa shape index (κ2) is 4.87. The third-order valence-electron chi connectivity index (χ3n) is 4.92. The Morgan fingerprint density at radius 2 is 2.18 bits per heavy atom. The third kappa shape index (κ3) is 2.67. The fourth-order valence-electron chi connectivity index (χ4n) is 3.11. The van der Waals surface area contributed by atoms with Crippen molar-refractivity contribution in [2.45, 2.75) is 58.1 Å². The van der Waals surface area contributed by atoms with Crippen LogP contribution in [-0.2, 0) is 9.47 Å². The van der Waals surface area contributed by atoms with Crippen LogP contribution in [0.25, 0.3) is 0 Å². The molecule has 0 saturated carbocycles. The summed E-state index contributed by atoms with van der Waals surface area (Å²) in [6, 6.07) is 0.272. The van der Waals surface area contributed by atoms with E-state index in [4.69, 9.17) is 15.2 Å². The van der Waals surface area contributed by atoms with E-state index < -0.39 is 0 Å². The standard InChI is InChI=1S/C14H27NO2/c1-4-13(2,3)12(15)11-5-7-17-14(9-11)6-8-16-10-14/h11-12H,4-10,15H2,1-3H3. The van der Waals surface area contributed by atoms with Gasteiger partial charge < -0.3 is 15.2 Å². The Bertz CT molecular complexity index is 259. The minimum atomic E-state index is -0.00957. The second-order valence-corrected chi connectivity index (χ2v) is 6.45. The Morgan fingerprint density at radius 1 is 1.41 bits per heavy atom. The smallest absolute Gasteiger partial charge is 0.0939 e. The second-order valence-electron chi connectivity index (χ2n) is 6.45. The first-order valence-corrected chi connectivity index (χ1v) is 6.96. The van der Waals surface area contributed by atoms with Crippen LogP contribution in [0.15, 0.2) is 0 Å². The summed E-state index contributed by atoms with van der Waals surface area (Å²) in [4.78, 5) is 0. The van der Waals surface area contributed by atoms with Crippen molar-refractivity contribution in [3.63, 3.8) is 0 Å². The van der Waals surface area contributed by atoms with Gasteiger partial charge in [-0.3, -0.25) is 0 Å². The Balaban J connectivity index is 2.02. The maximum atomic E-state index is 6.49. The van der Waals surface area contributed by atoms with Gasteiger partial charge in [-0.15, -0.1) is 0 Å². The van der Waals surface area contributed by atoms with Gasteiger partial charge in [-0.05, 0) is 30.6 Å². The molecule has 0 aromatic heterocycles. The van der Waals surface area contributed by atoms with E-state index in [0.29, 0.717) is 5.92 Å². The van der Waals surface area contributed by atoms with Crippen LogP contribution in [0.2, 0.25) is 0 Å². The van der Waals surface area contributed by atoms with Crippen LogP contribution in [-0.4, -0.2) is 31.5 Å². The predicted molar refractivity (Wildman–Crippen MR) is 68.9 cm³/mol. The first-order valence-electron chi connectivity index (χ1n) is 6.96. The van der Waals surface area contributed by atoms with E-state index in [1.165, 1.54) is 0 Å². The van der Waals surface area contributed by atoms with Crippen LogP contribution < -0.4 is 5.73 Å². The van der Waals surface area contributed by atoms with Gasteiger partial charge in [0.2, 0.25) is 0 Å². The fraction of sp³-hybridized carbons (Fsp3) is 1.00. The summed E-state index contributed by atoms with van der Waals surface area (Å²) in [7, 11) is 0. The monoisotopic (exact) mass is 241 g/mol. The van der Waals surface area contributed by atoms with Crippen molar-refractivity contribution in [3.8, 4) is 0 Å². The lowest BCUT2D eigenvalue weighted by atomic mass is 9.70. The third-order valence-corrected chi connectivity index (χ3v) is 4.92. The van der Waals surface area contributed by atoms with Crippen molar-refractivity contribution in [2.24, 2.45) is 17.1 Å². The van der Waals surface area contributed by atoms with Crippen molar-refractivity contribution < 1.29 is 9.47 Å². The summed E-state index contributed by atoms with van der Waals surface area (Å²) in [6.45, 7) is 9.26. The van der Waals surface area contributed by atoms with Crippen molar-refractivity contribution in [1.29, 1.82) is 0 Å². The van der Waals surface area contributed by atoms with E-state index in [0.717, 1.165) is 45.5 Å². The average Bonchev–Trinajstić information content (AvgIpc) is 2.76. The van der Waals surface area contributed by atoms with Gasteiger partial charge >= 0.3 is 0 Å². The molecule has 2 saturated heterocycles. The topological polar surface area (TPSA) is 44.5 Å². The molecule has 2 aliphatic rings. The molecule has 0 aliphatic carbocycles. The van der Waals surface area contributed by atoms with Crippen LogP contribution in [0.4, 0.5) is 0 Å². The Morgan fingerprint density at radius 3 is 2.76 bits per heavy atom. The van der Waals surface area contributed by atoms with Crippen LogP contribution in [0.5, 0.6) is 0 Å². The minimum Gasteiger partial charge on any atom is -0.378 e. The van der Waals surface area contributed by atoms with Gasteiger partial charge in [0.15, 0.2) is 0 Å². The number of hydrogen-bond acceptors (Lipinski definition) is 3. The van der Waals surface area contributed by atoms with E-state index in [9.17, 15) is 0 Å². The number of ether oxygens (including phenoxy) is 2. The zero-order valence-corrected chi connectivity index (χ0v) is 11.5. The quantitative estimate of drug-likeness (QED) is 0.825. The van der Waals surface area contributed by atoms with Crippen LogP contribution in [0.1, 0.15) is 46.5 Å². The maximum absolute atomic E-state index is 6.49. The van der Waals surface area contributed by atoms with E-state index in [-0.39, 0.29) is 17.1 Å². The summed E-state index contributed by atoms with van der Waals surface area (Å²) in [5.41, 5.74) is 6.71. The van der Waals surface area contributed by atoms with Gasteiger partial charge in [0.1, 0.15) is 0 Å². The van der Waals surface area contributed by atoms with Crippen molar-refractivity contribution in [2.75, 3.05) is 19.8 Å². The molecule has 2 aliphatic heterocycles. The first-order chi connectivity index (χ1) is 7.99. The molecule has 0 amide bonds. The molecule has 3 heteroatoms. The highest BCUT2D eigenvalue weighted by molar-refractivity contribution is 4.96. The van der Waals surface area contributed by atoms with E-state index >= 15 is 0 Å². The zero-order chi connectivity index (χ0) is 12.5. The molecule has 3 unspecified atom stereocenters. The number of rotatable bonds is 3. The van der Waals surface area contributed by atoms with Gasteiger partial charge in [0.05, 0.1) is 12.2 Å². The zero-order valence-electron chi connectivity index (χ0n) is 11.5. The van der Waals surface area contributed by atoms with Gasteiger partial charge in [-0.2, -0.15) is 0 Å². The summed E-state index contributed by atoms with van der Waals surface area (Å²) in [6.07, 6.45) is 4.36. The van der Waals surface area contributed by atoms with Crippen molar-refractivity contribution >= 4 is 0 Å². The van der Waals surface area contributed by atoms with Crippen LogP contribution in [0.3, 0.4) is 0 Å². The highest BCUT2D eigenvalue weighted by Gasteiger charge is 2.44. The highest BCUT2D eigenvalue weighted by atomic mass is 16.6. The van der Waals surface area contributed by atoms with Gasteiger partial charge in [0.25, 0.3) is 0 Å². The molecule has 2 N–H and O–H groups in total. The molecule has 17 heavy (non-hydrogen) atoms. The maximum Gasteiger partial charge on any atom is 0.0939 e. The van der Waals surface area contributed by atoms with E-state index in [1.54, 1.807) is 0 Å². The fourth-order valence-corrected chi connectivity index (χ4v) is 3.11. The van der Waals surface area contributed by atoms with Crippen molar-refractivity contribution in [3.05, 3.63) is 0 Å². The normalized spacial score (nSPS) is 36.4. The summed E-state index contributed by atoms with van der Waals surface area (Å²) in [5.74, 6) is 0.584. The molecular weight excluding hydrogens is 214 g/mol. The molecule has 2 heterocycles. The molecule has 0 bridgehead atoms. The van der Waals surface area contributed by atoms with Crippen LogP contribution in [0, 0.1) is 11.3 Å². The average molecular weight is 241 g/mol. The number of nitrogens with two attached hydrogens (primary N) is 1. The van der Waals surface area contributed by atoms with Crippen molar-refractivity contribution in [1.82, 2.24) is 0 Å². The van der Waals surface area contributed by atoms with Gasteiger partial charge in [0, 0.05) is 25.7 Å². The molecule has 100 valence electrons. The van der Waals surface area contributed by atoms with E-state index in [2.05, 4.69) is 20.8 Å². The summed E-state index contributed by atoms with van der Waals surface area (Å²) in [5, 5.41) is 0. The molecule has 0 aromatic rings. The summed E-state index contributed by atoms with van der Waals surface area (Å²) >= 11 is 0. The van der Waals surface area contributed by atoms with Gasteiger partial charge in [-0.25, -0.2) is 0 Å². The molecular formula is C14H27NO2. The molecule has 2 fully saturated rings. The minimum absolute atomic E-state index is 0.00957. The summed E-state index contributed by atoms with van der Waals surface area (Å²) < 4.78 is 11.5. The molecule has 1 spiro atoms. The molecule has 3 atom stereocenters. The predicted octanol–water partition coefficient (Wildman–Crippen LogP) is 2.34. The Kier molecular flexibility index (Phi) is 3.81.